The molecule has 0 aromatic carbocycles. The third-order valence-corrected chi connectivity index (χ3v) is 5.22. The van der Waals surface area contributed by atoms with Crippen LogP contribution in [0.1, 0.15) is 57.9 Å². The summed E-state index contributed by atoms with van der Waals surface area (Å²) in [6.07, 6.45) is 13.6. The van der Waals surface area contributed by atoms with Crippen molar-refractivity contribution in [1.82, 2.24) is 15.1 Å². The molecule has 1 aliphatic rings. The highest BCUT2D eigenvalue weighted by Gasteiger charge is 2.29. The molecule has 3 unspecified atom stereocenters. The van der Waals surface area contributed by atoms with Crippen LogP contribution < -0.4 is 5.32 Å². The molecular weight excluding hydrogens is 258 g/mol. The molecule has 120 valence electrons. The highest BCUT2D eigenvalue weighted by Crippen LogP contribution is 2.37. The Balaban J connectivity index is 1.86. The smallest absolute Gasteiger partial charge is 0.0521 e. The molecule has 0 spiro atoms. The number of nitrogens with zero attached hydrogens (tertiary/aromatic N) is 2. The molecule has 21 heavy (non-hydrogen) atoms. The second-order valence-corrected chi connectivity index (χ2v) is 6.87. The molecule has 1 saturated carbocycles. The zero-order chi connectivity index (χ0) is 15.1. The Hall–Kier alpha value is -0.830. The highest BCUT2D eigenvalue weighted by atomic mass is 15.2. The molecule has 1 N–H and O–H groups in total. The van der Waals surface area contributed by atoms with Gasteiger partial charge in [0.15, 0.2) is 0 Å². The second kappa shape index (κ2) is 8.57. The lowest BCUT2D eigenvalue weighted by atomic mass is 9.71. The molecule has 0 radical (unpaired) electrons. The van der Waals surface area contributed by atoms with Gasteiger partial charge in [-0.3, -0.25) is 4.68 Å². The number of nitrogens with one attached hydrogen (secondary N) is 1. The van der Waals surface area contributed by atoms with Crippen LogP contribution in [0.4, 0.5) is 0 Å². The first-order chi connectivity index (χ1) is 10.2. The summed E-state index contributed by atoms with van der Waals surface area (Å²) < 4.78 is 1.92. The van der Waals surface area contributed by atoms with E-state index in [0.717, 1.165) is 17.8 Å². The number of rotatable bonds is 8. The zero-order valence-electron chi connectivity index (χ0n) is 14.1. The molecule has 1 aliphatic carbocycles. The Labute approximate surface area is 130 Å². The van der Waals surface area contributed by atoms with Crippen molar-refractivity contribution in [2.45, 2.75) is 58.8 Å². The van der Waals surface area contributed by atoms with Crippen LogP contribution in [-0.2, 0) is 13.5 Å². The van der Waals surface area contributed by atoms with E-state index in [-0.39, 0.29) is 0 Å². The summed E-state index contributed by atoms with van der Waals surface area (Å²) in [5.74, 6) is 2.75. The minimum Gasteiger partial charge on any atom is -0.316 e. The van der Waals surface area contributed by atoms with Crippen molar-refractivity contribution in [3.63, 3.8) is 0 Å². The first kappa shape index (κ1) is 16.5. The summed E-state index contributed by atoms with van der Waals surface area (Å²) in [5.41, 5.74) is 1.40. The summed E-state index contributed by atoms with van der Waals surface area (Å²) in [5, 5.41) is 7.95. The van der Waals surface area contributed by atoms with Gasteiger partial charge >= 0.3 is 0 Å². The van der Waals surface area contributed by atoms with Crippen LogP contribution in [0, 0.1) is 17.8 Å². The predicted molar refractivity (Wildman–Crippen MR) is 89.3 cm³/mol. The van der Waals surface area contributed by atoms with Gasteiger partial charge in [0.25, 0.3) is 0 Å². The van der Waals surface area contributed by atoms with Crippen molar-refractivity contribution in [2.75, 3.05) is 13.1 Å². The van der Waals surface area contributed by atoms with E-state index in [1.165, 1.54) is 63.6 Å². The topological polar surface area (TPSA) is 29.9 Å². The minimum atomic E-state index is 0.885. The molecule has 1 fully saturated rings. The molecule has 1 heterocycles. The third kappa shape index (κ3) is 5.14. The van der Waals surface area contributed by atoms with Gasteiger partial charge in [0.1, 0.15) is 0 Å². The molecule has 0 aliphatic heterocycles. The Bertz CT molecular complexity index is 397. The van der Waals surface area contributed by atoms with Crippen molar-refractivity contribution >= 4 is 0 Å². The van der Waals surface area contributed by atoms with E-state index in [4.69, 9.17) is 0 Å². The van der Waals surface area contributed by atoms with Crippen LogP contribution in [0.2, 0.25) is 0 Å². The Morgan fingerprint density at radius 1 is 1.29 bits per heavy atom. The number of aromatic nitrogens is 2. The quantitative estimate of drug-likeness (QED) is 0.738. The van der Waals surface area contributed by atoms with Crippen molar-refractivity contribution in [3.8, 4) is 0 Å². The molecule has 0 bridgehead atoms. The van der Waals surface area contributed by atoms with Gasteiger partial charge in [-0.25, -0.2) is 0 Å². The number of aryl methyl sites for hydroxylation is 2. The minimum absolute atomic E-state index is 0.885. The van der Waals surface area contributed by atoms with E-state index < -0.39 is 0 Å². The highest BCUT2D eigenvalue weighted by molar-refractivity contribution is 5.04. The van der Waals surface area contributed by atoms with E-state index in [0.29, 0.717) is 0 Å². The van der Waals surface area contributed by atoms with Gasteiger partial charge in [-0.05, 0) is 68.5 Å². The summed E-state index contributed by atoms with van der Waals surface area (Å²) in [4.78, 5) is 0. The average Bonchev–Trinajstić information content (AvgIpc) is 2.92. The number of hydrogen-bond acceptors (Lipinski definition) is 2. The van der Waals surface area contributed by atoms with Gasteiger partial charge in [-0.1, -0.05) is 26.7 Å². The molecule has 0 saturated heterocycles. The maximum Gasteiger partial charge on any atom is 0.0521 e. The first-order valence-corrected chi connectivity index (χ1v) is 8.91. The molecule has 3 heteroatoms. The normalized spacial score (nSPS) is 26.1. The number of hydrogen-bond donors (Lipinski definition) is 1. The van der Waals surface area contributed by atoms with Gasteiger partial charge < -0.3 is 5.32 Å². The summed E-state index contributed by atoms with van der Waals surface area (Å²) >= 11 is 0. The van der Waals surface area contributed by atoms with Gasteiger partial charge in [0, 0.05) is 13.2 Å². The largest absolute Gasteiger partial charge is 0.316 e. The standard InChI is InChI=1S/C18H33N3/c1-4-10-19-13-18-9-6-15(5-2)11-17(18)8-7-16-12-20-21(3)14-16/h12,14-15,17-19H,4-11,13H2,1-3H3. The van der Waals surface area contributed by atoms with E-state index in [1.54, 1.807) is 0 Å². The Kier molecular flexibility index (Phi) is 6.75. The lowest BCUT2D eigenvalue weighted by Crippen LogP contribution is -2.33. The van der Waals surface area contributed by atoms with E-state index in [1.807, 2.05) is 17.9 Å². The fourth-order valence-electron chi connectivity index (χ4n) is 3.83. The molecule has 3 atom stereocenters. The summed E-state index contributed by atoms with van der Waals surface area (Å²) in [7, 11) is 2.01. The van der Waals surface area contributed by atoms with E-state index in [9.17, 15) is 0 Å². The van der Waals surface area contributed by atoms with Crippen molar-refractivity contribution in [2.24, 2.45) is 24.8 Å². The molecule has 0 amide bonds. The van der Waals surface area contributed by atoms with Crippen LogP contribution in [0.25, 0.3) is 0 Å². The third-order valence-electron chi connectivity index (χ3n) is 5.22. The van der Waals surface area contributed by atoms with Gasteiger partial charge in [-0.2, -0.15) is 5.10 Å². The van der Waals surface area contributed by atoms with Crippen molar-refractivity contribution < 1.29 is 0 Å². The molecule has 2 rings (SSSR count). The van der Waals surface area contributed by atoms with Crippen molar-refractivity contribution in [1.29, 1.82) is 0 Å². The lowest BCUT2D eigenvalue weighted by molar-refractivity contribution is 0.163. The van der Waals surface area contributed by atoms with E-state index >= 15 is 0 Å². The average molecular weight is 291 g/mol. The summed E-state index contributed by atoms with van der Waals surface area (Å²) in [6.45, 7) is 7.00. The fourth-order valence-corrected chi connectivity index (χ4v) is 3.83. The lowest BCUT2D eigenvalue weighted by Gasteiger charge is -2.36. The van der Waals surface area contributed by atoms with Crippen LogP contribution in [0.3, 0.4) is 0 Å². The first-order valence-electron chi connectivity index (χ1n) is 8.91. The zero-order valence-corrected chi connectivity index (χ0v) is 14.1. The van der Waals surface area contributed by atoms with Gasteiger partial charge in [-0.15, -0.1) is 0 Å². The van der Waals surface area contributed by atoms with Gasteiger partial charge in [0.05, 0.1) is 6.20 Å². The monoisotopic (exact) mass is 291 g/mol. The van der Waals surface area contributed by atoms with Crippen LogP contribution in [0.5, 0.6) is 0 Å². The Morgan fingerprint density at radius 3 is 2.81 bits per heavy atom. The SMILES string of the molecule is CCCNCC1CCC(CC)CC1CCc1cnn(C)c1. The second-order valence-electron chi connectivity index (χ2n) is 6.87. The molecule has 3 nitrogen and oxygen atoms in total. The fraction of sp³-hybridized carbons (Fsp3) is 0.833. The molecule has 1 aromatic heterocycles. The molecular formula is C18H33N3. The maximum atomic E-state index is 4.30. The predicted octanol–water partition coefficient (Wildman–Crippen LogP) is 3.79. The maximum absolute atomic E-state index is 4.30. The Morgan fingerprint density at radius 2 is 2.14 bits per heavy atom. The summed E-state index contributed by atoms with van der Waals surface area (Å²) in [6, 6.07) is 0. The van der Waals surface area contributed by atoms with Crippen molar-refractivity contribution in [3.05, 3.63) is 18.0 Å². The van der Waals surface area contributed by atoms with Gasteiger partial charge in [0.2, 0.25) is 0 Å². The van der Waals surface area contributed by atoms with Crippen LogP contribution in [0.15, 0.2) is 12.4 Å². The van der Waals surface area contributed by atoms with Crippen LogP contribution >= 0.6 is 0 Å². The van der Waals surface area contributed by atoms with E-state index in [2.05, 4.69) is 30.5 Å². The molecule has 1 aromatic rings. The van der Waals surface area contributed by atoms with Crippen LogP contribution in [-0.4, -0.2) is 22.9 Å².